The van der Waals surface area contributed by atoms with E-state index in [4.69, 9.17) is 11.6 Å². The minimum Gasteiger partial charge on any atom is -0.343 e. The molecule has 0 spiro atoms. The highest BCUT2D eigenvalue weighted by Crippen LogP contribution is 2.35. The van der Waals surface area contributed by atoms with Crippen LogP contribution in [0.1, 0.15) is 55.8 Å². The van der Waals surface area contributed by atoms with E-state index in [1.165, 1.54) is 6.07 Å². The Balaban J connectivity index is 2.08. The Labute approximate surface area is 184 Å². The Kier molecular flexibility index (Phi) is 7.26. The van der Waals surface area contributed by atoms with Crippen LogP contribution in [-0.4, -0.2) is 33.3 Å². The second-order valence-electron chi connectivity index (χ2n) is 7.52. The summed E-state index contributed by atoms with van der Waals surface area (Å²) in [5.74, 6) is -0.692. The molecule has 1 unspecified atom stereocenters. The maximum absolute atomic E-state index is 13.4. The summed E-state index contributed by atoms with van der Waals surface area (Å²) in [5, 5.41) is 0.472. The minimum atomic E-state index is -4.47. The number of hydrogen-bond acceptors (Lipinski definition) is 2. The number of benzene rings is 1. The molecule has 0 radical (unpaired) electrons. The van der Waals surface area contributed by atoms with Crippen molar-refractivity contribution in [2.75, 3.05) is 13.1 Å². The van der Waals surface area contributed by atoms with Crippen LogP contribution in [0.5, 0.6) is 0 Å². The summed E-state index contributed by atoms with van der Waals surface area (Å²) in [4.78, 5) is 19.3. The molecule has 1 aromatic carbocycles. The molecule has 1 amide bonds. The molecule has 0 aliphatic carbocycles. The average molecular weight is 452 g/mol. The third-order valence-electron chi connectivity index (χ3n) is 5.19. The first-order chi connectivity index (χ1) is 14.7. The predicted octanol–water partition coefficient (Wildman–Crippen LogP) is 6.18. The molecule has 0 saturated carbocycles. The van der Waals surface area contributed by atoms with Gasteiger partial charge < -0.3 is 9.30 Å². The maximum Gasteiger partial charge on any atom is 0.416 e. The number of pyridine rings is 1. The molecule has 0 bridgehead atoms. The van der Waals surface area contributed by atoms with Gasteiger partial charge in [0.2, 0.25) is 5.91 Å². The lowest BCUT2D eigenvalue weighted by Gasteiger charge is -2.25. The zero-order valence-corrected chi connectivity index (χ0v) is 18.2. The highest BCUT2D eigenvalue weighted by Gasteiger charge is 2.32. The topological polar surface area (TPSA) is 37.6 Å². The van der Waals surface area contributed by atoms with Gasteiger partial charge in [-0.25, -0.2) is 4.98 Å². The molecule has 0 aliphatic heterocycles. The van der Waals surface area contributed by atoms with Crippen molar-refractivity contribution in [1.82, 2.24) is 14.3 Å². The molecule has 0 fully saturated rings. The van der Waals surface area contributed by atoms with Gasteiger partial charge in [-0.1, -0.05) is 43.6 Å². The van der Waals surface area contributed by atoms with Crippen molar-refractivity contribution in [3.05, 3.63) is 70.6 Å². The lowest BCUT2D eigenvalue weighted by molar-refractivity contribution is -0.137. The van der Waals surface area contributed by atoms with E-state index in [-0.39, 0.29) is 12.3 Å². The van der Waals surface area contributed by atoms with Crippen molar-refractivity contribution in [2.24, 2.45) is 0 Å². The zero-order chi connectivity index (χ0) is 22.6. The smallest absolute Gasteiger partial charge is 0.343 e. The number of amides is 1. The van der Waals surface area contributed by atoms with Crippen molar-refractivity contribution < 1.29 is 18.0 Å². The summed E-state index contributed by atoms with van der Waals surface area (Å²) in [5.41, 5.74) is 0.909. The first-order valence-electron chi connectivity index (χ1n) is 10.3. The number of carbonyl (C=O) groups excluding carboxylic acids is 1. The highest BCUT2D eigenvalue weighted by atomic mass is 35.5. The number of imidazole rings is 1. The molecule has 4 nitrogen and oxygen atoms in total. The van der Waals surface area contributed by atoms with Crippen LogP contribution in [0.3, 0.4) is 0 Å². The molecular formula is C23H25ClF3N3O. The molecule has 166 valence electrons. The Bertz CT molecular complexity index is 1040. The number of hydrogen-bond donors (Lipinski definition) is 0. The number of nitrogens with zero attached hydrogens (tertiary/aromatic N) is 3. The first-order valence-corrected chi connectivity index (χ1v) is 10.7. The van der Waals surface area contributed by atoms with Gasteiger partial charge in [0.1, 0.15) is 5.65 Å². The second kappa shape index (κ2) is 9.73. The maximum atomic E-state index is 13.4. The Morgan fingerprint density at radius 2 is 1.87 bits per heavy atom. The van der Waals surface area contributed by atoms with Gasteiger partial charge in [-0.05, 0) is 36.6 Å². The van der Waals surface area contributed by atoms with Crippen LogP contribution in [0.4, 0.5) is 13.2 Å². The fourth-order valence-corrected chi connectivity index (χ4v) is 3.92. The van der Waals surface area contributed by atoms with E-state index >= 15 is 0 Å². The Morgan fingerprint density at radius 3 is 2.52 bits per heavy atom. The third-order valence-corrected chi connectivity index (χ3v) is 5.41. The fourth-order valence-electron chi connectivity index (χ4n) is 3.76. The van der Waals surface area contributed by atoms with Crippen LogP contribution in [0.25, 0.3) is 5.65 Å². The van der Waals surface area contributed by atoms with Gasteiger partial charge in [-0.2, -0.15) is 13.2 Å². The van der Waals surface area contributed by atoms with Gasteiger partial charge >= 0.3 is 6.18 Å². The third kappa shape index (κ3) is 5.39. The van der Waals surface area contributed by atoms with Crippen LogP contribution in [0.2, 0.25) is 5.02 Å². The van der Waals surface area contributed by atoms with Gasteiger partial charge in [0.05, 0.1) is 16.3 Å². The van der Waals surface area contributed by atoms with Crippen molar-refractivity contribution >= 4 is 23.2 Å². The Morgan fingerprint density at radius 1 is 1.16 bits per heavy atom. The fraction of sp³-hybridized carbons (Fsp3) is 0.391. The molecule has 8 heteroatoms. The normalized spacial score (nSPS) is 12.8. The van der Waals surface area contributed by atoms with Crippen LogP contribution >= 0.6 is 11.6 Å². The van der Waals surface area contributed by atoms with E-state index in [9.17, 15) is 18.0 Å². The second-order valence-corrected chi connectivity index (χ2v) is 7.96. The lowest BCUT2D eigenvalue weighted by atomic mass is 9.90. The van der Waals surface area contributed by atoms with Gasteiger partial charge in [0.15, 0.2) is 0 Å². The van der Waals surface area contributed by atoms with Crippen LogP contribution < -0.4 is 0 Å². The van der Waals surface area contributed by atoms with E-state index in [1.807, 2.05) is 13.8 Å². The predicted molar refractivity (Wildman–Crippen MR) is 115 cm³/mol. The summed E-state index contributed by atoms with van der Waals surface area (Å²) >= 11 is 6.15. The quantitative estimate of drug-likeness (QED) is 0.410. The van der Waals surface area contributed by atoms with Crippen molar-refractivity contribution in [1.29, 1.82) is 0 Å². The molecule has 0 saturated heterocycles. The summed E-state index contributed by atoms with van der Waals surface area (Å²) in [6.45, 7) is 5.21. The zero-order valence-electron chi connectivity index (χ0n) is 17.5. The number of fused-ring (bicyclic) bond motifs is 1. The van der Waals surface area contributed by atoms with Crippen LogP contribution in [0, 0.1) is 0 Å². The molecule has 2 heterocycles. The lowest BCUT2D eigenvalue weighted by Crippen LogP contribution is -2.33. The van der Waals surface area contributed by atoms with E-state index in [0.717, 1.165) is 25.0 Å². The largest absolute Gasteiger partial charge is 0.416 e. The molecule has 0 aliphatic rings. The molecule has 3 aromatic rings. The first kappa shape index (κ1) is 23.1. The van der Waals surface area contributed by atoms with E-state index in [0.29, 0.717) is 35.0 Å². The SMILES string of the molecule is CCCN(CCC)C(=O)CC(c1cccc(C(F)(F)F)c1)c1cnc2ccc(Cl)cn12. The van der Waals surface area contributed by atoms with Crippen LogP contribution in [0.15, 0.2) is 48.8 Å². The number of aromatic nitrogens is 2. The molecule has 31 heavy (non-hydrogen) atoms. The van der Waals surface area contributed by atoms with Gasteiger partial charge in [0, 0.05) is 37.8 Å². The van der Waals surface area contributed by atoms with Crippen LogP contribution in [-0.2, 0) is 11.0 Å². The number of carbonyl (C=O) groups is 1. The van der Waals surface area contributed by atoms with Crippen molar-refractivity contribution in [3.63, 3.8) is 0 Å². The number of halogens is 4. The number of alkyl halides is 3. The summed E-state index contributed by atoms with van der Waals surface area (Å²) in [7, 11) is 0. The summed E-state index contributed by atoms with van der Waals surface area (Å²) in [6, 6.07) is 8.59. The number of rotatable bonds is 8. The molecule has 2 aromatic heterocycles. The molecule has 3 rings (SSSR count). The van der Waals surface area contributed by atoms with Gasteiger partial charge in [0.25, 0.3) is 0 Å². The summed E-state index contributed by atoms with van der Waals surface area (Å²) in [6.07, 6.45) is 0.468. The molecular weight excluding hydrogens is 427 g/mol. The van der Waals surface area contributed by atoms with Gasteiger partial charge in [-0.3, -0.25) is 4.79 Å². The standard InChI is InChI=1S/C23H25ClF3N3O/c1-3-10-29(11-4-2)22(31)13-19(16-6-5-7-17(12-16)23(25,26)27)20-14-28-21-9-8-18(24)15-30(20)21/h5-9,12,14-15,19H,3-4,10-11,13H2,1-2H3. The van der Waals surface area contributed by atoms with E-state index < -0.39 is 17.7 Å². The molecule has 1 atom stereocenters. The average Bonchev–Trinajstić information content (AvgIpc) is 3.14. The minimum absolute atomic E-state index is 0.0433. The van der Waals surface area contributed by atoms with Gasteiger partial charge in [-0.15, -0.1) is 0 Å². The van der Waals surface area contributed by atoms with E-state index in [2.05, 4.69) is 4.98 Å². The monoisotopic (exact) mass is 451 g/mol. The van der Waals surface area contributed by atoms with Crippen molar-refractivity contribution in [2.45, 2.75) is 45.2 Å². The highest BCUT2D eigenvalue weighted by molar-refractivity contribution is 6.30. The van der Waals surface area contributed by atoms with E-state index in [1.54, 1.807) is 39.9 Å². The van der Waals surface area contributed by atoms with Crippen molar-refractivity contribution in [3.8, 4) is 0 Å². The molecule has 0 N–H and O–H groups in total. The summed E-state index contributed by atoms with van der Waals surface area (Å²) < 4.78 is 41.8. The Hall–Kier alpha value is -2.54.